The van der Waals surface area contributed by atoms with Crippen molar-refractivity contribution < 1.29 is 9.13 Å². The highest BCUT2D eigenvalue weighted by atomic mass is 19.1. The average Bonchev–Trinajstić information content (AvgIpc) is 2.80. The second-order valence-electron chi connectivity index (χ2n) is 7.07. The fourth-order valence-corrected chi connectivity index (χ4v) is 3.57. The topological polar surface area (TPSA) is 63.2 Å². The van der Waals surface area contributed by atoms with E-state index in [1.165, 1.54) is 17.8 Å². The minimum absolute atomic E-state index is 0.306. The molecule has 0 saturated carbocycles. The van der Waals surface area contributed by atoms with Crippen LogP contribution in [0.15, 0.2) is 67.0 Å². The Hall–Kier alpha value is -3.58. The number of ether oxygens (including phenoxy) is 1. The van der Waals surface area contributed by atoms with Crippen LogP contribution in [0.1, 0.15) is 0 Å². The lowest BCUT2D eigenvalue weighted by molar-refractivity contribution is 0.122. The molecular formula is C23H20FN5O. The number of morpholine rings is 1. The third-order valence-electron chi connectivity index (χ3n) is 5.10. The molecule has 0 amide bonds. The van der Waals surface area contributed by atoms with E-state index < -0.39 is 0 Å². The third-order valence-corrected chi connectivity index (χ3v) is 5.10. The van der Waals surface area contributed by atoms with Gasteiger partial charge in [0.2, 0.25) is 5.95 Å². The van der Waals surface area contributed by atoms with Crippen LogP contribution in [0.5, 0.6) is 0 Å². The number of fused-ring (bicyclic) bond motifs is 1. The Labute approximate surface area is 173 Å². The quantitative estimate of drug-likeness (QED) is 0.547. The van der Waals surface area contributed by atoms with Crippen LogP contribution in [-0.4, -0.2) is 41.3 Å². The van der Waals surface area contributed by atoms with Gasteiger partial charge in [-0.25, -0.2) is 14.4 Å². The van der Waals surface area contributed by atoms with Gasteiger partial charge >= 0.3 is 0 Å². The molecule has 2 aromatic carbocycles. The number of aromatic nitrogens is 3. The third kappa shape index (κ3) is 3.79. The Morgan fingerprint density at radius 2 is 1.80 bits per heavy atom. The molecule has 0 radical (unpaired) electrons. The van der Waals surface area contributed by atoms with E-state index in [0.29, 0.717) is 22.7 Å². The van der Waals surface area contributed by atoms with Crippen LogP contribution in [0, 0.1) is 5.82 Å². The largest absolute Gasteiger partial charge is 0.378 e. The Kier molecular flexibility index (Phi) is 4.94. The van der Waals surface area contributed by atoms with Crippen molar-refractivity contribution in [3.63, 3.8) is 0 Å². The first-order chi connectivity index (χ1) is 14.8. The van der Waals surface area contributed by atoms with Crippen LogP contribution in [0.25, 0.3) is 22.2 Å². The number of anilines is 3. The van der Waals surface area contributed by atoms with Gasteiger partial charge in [-0.2, -0.15) is 0 Å². The lowest BCUT2D eigenvalue weighted by atomic mass is 10.1. The first-order valence-electron chi connectivity index (χ1n) is 9.84. The molecule has 7 heteroatoms. The van der Waals surface area contributed by atoms with E-state index in [1.807, 2.05) is 24.3 Å². The summed E-state index contributed by atoms with van der Waals surface area (Å²) in [5.74, 6) is 0.159. The molecule has 1 N–H and O–H groups in total. The highest BCUT2D eigenvalue weighted by Crippen LogP contribution is 2.27. The van der Waals surface area contributed by atoms with Gasteiger partial charge in [0.15, 0.2) is 0 Å². The lowest BCUT2D eigenvalue weighted by Gasteiger charge is -2.28. The predicted octanol–water partition coefficient (Wildman–Crippen LogP) is 4.41. The minimum Gasteiger partial charge on any atom is -0.378 e. The zero-order valence-corrected chi connectivity index (χ0v) is 16.3. The molecule has 5 rings (SSSR count). The van der Waals surface area contributed by atoms with Gasteiger partial charge in [-0.1, -0.05) is 12.1 Å². The summed E-state index contributed by atoms with van der Waals surface area (Å²) >= 11 is 0. The molecule has 1 aliphatic heterocycles. The smallest absolute Gasteiger partial charge is 0.227 e. The number of pyridine rings is 1. The van der Waals surface area contributed by atoms with E-state index in [4.69, 9.17) is 4.74 Å². The van der Waals surface area contributed by atoms with E-state index >= 15 is 0 Å². The highest BCUT2D eigenvalue weighted by molar-refractivity contribution is 5.91. The Morgan fingerprint density at radius 3 is 2.60 bits per heavy atom. The van der Waals surface area contributed by atoms with Crippen LogP contribution < -0.4 is 10.2 Å². The maximum Gasteiger partial charge on any atom is 0.227 e. The van der Waals surface area contributed by atoms with Crippen molar-refractivity contribution in [1.29, 1.82) is 0 Å². The van der Waals surface area contributed by atoms with Crippen LogP contribution >= 0.6 is 0 Å². The summed E-state index contributed by atoms with van der Waals surface area (Å²) in [7, 11) is 0. The summed E-state index contributed by atoms with van der Waals surface area (Å²) in [6.45, 7) is 3.31. The van der Waals surface area contributed by atoms with Gasteiger partial charge in [0.25, 0.3) is 0 Å². The van der Waals surface area contributed by atoms with E-state index in [0.717, 1.165) is 37.4 Å². The highest BCUT2D eigenvalue weighted by Gasteiger charge is 2.12. The van der Waals surface area contributed by atoms with Gasteiger partial charge in [0.05, 0.1) is 18.9 Å². The van der Waals surface area contributed by atoms with Crippen LogP contribution in [0.3, 0.4) is 0 Å². The van der Waals surface area contributed by atoms with Gasteiger partial charge in [0, 0.05) is 47.8 Å². The maximum atomic E-state index is 13.7. The van der Waals surface area contributed by atoms with Crippen molar-refractivity contribution in [2.45, 2.75) is 0 Å². The molecule has 2 aromatic heterocycles. The molecule has 30 heavy (non-hydrogen) atoms. The van der Waals surface area contributed by atoms with Gasteiger partial charge in [-0.3, -0.25) is 4.98 Å². The zero-order chi connectivity index (χ0) is 20.3. The summed E-state index contributed by atoms with van der Waals surface area (Å²) in [6, 6.07) is 16.4. The number of nitrogens with one attached hydrogen (secondary N) is 1. The molecule has 6 nitrogen and oxygen atoms in total. The van der Waals surface area contributed by atoms with Gasteiger partial charge in [-0.05, 0) is 42.5 Å². The Morgan fingerprint density at radius 1 is 0.967 bits per heavy atom. The van der Waals surface area contributed by atoms with Crippen molar-refractivity contribution in [3.05, 3.63) is 72.8 Å². The second kappa shape index (κ2) is 8.04. The molecule has 0 aliphatic carbocycles. The molecule has 4 aromatic rings. The fourth-order valence-electron chi connectivity index (χ4n) is 3.57. The zero-order valence-electron chi connectivity index (χ0n) is 16.3. The van der Waals surface area contributed by atoms with Gasteiger partial charge < -0.3 is 15.0 Å². The maximum absolute atomic E-state index is 13.7. The SMILES string of the molecule is Fc1cccc(-c2nccc3cnc(Nc4ccc(N5CCOCC5)cc4)nc23)c1. The van der Waals surface area contributed by atoms with Crippen molar-refractivity contribution in [1.82, 2.24) is 15.0 Å². The van der Waals surface area contributed by atoms with E-state index in [2.05, 4.69) is 37.3 Å². The molecule has 150 valence electrons. The van der Waals surface area contributed by atoms with Crippen molar-refractivity contribution in [3.8, 4) is 11.3 Å². The fraction of sp³-hybridized carbons (Fsp3) is 0.174. The normalized spacial score (nSPS) is 14.1. The van der Waals surface area contributed by atoms with Crippen molar-refractivity contribution in [2.75, 3.05) is 36.5 Å². The van der Waals surface area contributed by atoms with Gasteiger partial charge in [0.1, 0.15) is 11.3 Å². The first kappa shape index (κ1) is 18.4. The summed E-state index contributed by atoms with van der Waals surface area (Å²) < 4.78 is 19.1. The summed E-state index contributed by atoms with van der Waals surface area (Å²) in [6.07, 6.45) is 3.43. The van der Waals surface area contributed by atoms with E-state index in [9.17, 15) is 4.39 Å². The monoisotopic (exact) mass is 401 g/mol. The second-order valence-corrected chi connectivity index (χ2v) is 7.07. The number of benzene rings is 2. The lowest BCUT2D eigenvalue weighted by Crippen LogP contribution is -2.36. The number of nitrogens with zero attached hydrogens (tertiary/aromatic N) is 4. The first-order valence-corrected chi connectivity index (χ1v) is 9.84. The Balaban J connectivity index is 1.43. The number of rotatable bonds is 4. The predicted molar refractivity (Wildman–Crippen MR) is 115 cm³/mol. The van der Waals surface area contributed by atoms with Crippen molar-refractivity contribution in [2.24, 2.45) is 0 Å². The molecule has 0 unspecified atom stereocenters. The molecule has 1 fully saturated rings. The number of hydrogen-bond donors (Lipinski definition) is 1. The average molecular weight is 401 g/mol. The Bertz CT molecular complexity index is 1180. The van der Waals surface area contributed by atoms with Crippen LogP contribution in [0.4, 0.5) is 21.7 Å². The molecular weight excluding hydrogens is 381 g/mol. The minimum atomic E-state index is -0.306. The number of hydrogen-bond acceptors (Lipinski definition) is 6. The van der Waals surface area contributed by atoms with E-state index in [-0.39, 0.29) is 5.82 Å². The van der Waals surface area contributed by atoms with Gasteiger partial charge in [-0.15, -0.1) is 0 Å². The number of halogens is 1. The summed E-state index contributed by atoms with van der Waals surface area (Å²) in [5.41, 5.74) is 4.04. The molecule has 1 aliphatic rings. The molecule has 0 atom stereocenters. The van der Waals surface area contributed by atoms with Crippen molar-refractivity contribution >= 4 is 28.2 Å². The molecule has 1 saturated heterocycles. The van der Waals surface area contributed by atoms with E-state index in [1.54, 1.807) is 18.5 Å². The summed E-state index contributed by atoms with van der Waals surface area (Å²) in [5, 5.41) is 4.09. The molecule has 0 bridgehead atoms. The summed E-state index contributed by atoms with van der Waals surface area (Å²) in [4.78, 5) is 15.8. The molecule has 3 heterocycles. The van der Waals surface area contributed by atoms with Crippen LogP contribution in [0.2, 0.25) is 0 Å². The molecule has 0 spiro atoms. The standard InChI is InChI=1S/C23H20FN5O/c24-18-3-1-2-16(14-18)21-22-17(8-9-25-21)15-26-23(28-22)27-19-4-6-20(7-5-19)29-10-12-30-13-11-29/h1-9,14-15H,10-13H2,(H,26,27,28). The van der Waals surface area contributed by atoms with Crippen LogP contribution in [-0.2, 0) is 4.74 Å².